The van der Waals surface area contributed by atoms with Crippen molar-refractivity contribution in [1.82, 2.24) is 5.32 Å². The molecule has 12 nitrogen and oxygen atoms in total. The van der Waals surface area contributed by atoms with Gasteiger partial charge in [-0.25, -0.2) is 9.59 Å². The number of alkyl carbamates (subject to hydrolysis) is 1. The Morgan fingerprint density at radius 1 is 1.26 bits per heavy atom. The lowest BCUT2D eigenvalue weighted by Crippen LogP contribution is -2.31. The van der Waals surface area contributed by atoms with E-state index in [1.165, 1.54) is 6.92 Å². The average Bonchev–Trinajstić information content (AvgIpc) is 2.80. The Hall–Kier alpha value is -3.05. The minimum Gasteiger partial charge on any atom is -0.456 e. The molecule has 23 heavy (non-hydrogen) atoms. The Balaban J connectivity index is 2.13. The number of amides is 1. The maximum absolute atomic E-state index is 11.4. The Labute approximate surface area is 128 Å². The minimum atomic E-state index is -0.958. The Morgan fingerprint density at radius 2 is 2.00 bits per heavy atom. The molecule has 128 valence electrons. The van der Waals surface area contributed by atoms with E-state index < -0.39 is 29.5 Å². The van der Waals surface area contributed by atoms with Gasteiger partial charge in [0.15, 0.2) is 18.1 Å². The fraction of sp³-hybridized carbons (Fsp3) is 0.545. The van der Waals surface area contributed by atoms with Crippen LogP contribution < -0.4 is 11.1 Å². The van der Waals surface area contributed by atoms with Crippen molar-refractivity contribution >= 4 is 12.1 Å². The summed E-state index contributed by atoms with van der Waals surface area (Å²) in [7, 11) is 0. The van der Waals surface area contributed by atoms with Gasteiger partial charge in [-0.2, -0.15) is 0 Å². The maximum atomic E-state index is 11.4. The number of nitrogens with one attached hydrogen (secondary N) is 1. The molecule has 0 unspecified atom stereocenters. The highest BCUT2D eigenvalue weighted by atomic mass is 16.9. The summed E-state index contributed by atoms with van der Waals surface area (Å²) >= 11 is 0. The van der Waals surface area contributed by atoms with Crippen molar-refractivity contribution in [3.05, 3.63) is 32.3 Å². The molecule has 12 heteroatoms. The lowest BCUT2D eigenvalue weighted by molar-refractivity contribution is -0.757. The molecule has 0 aromatic carbocycles. The zero-order chi connectivity index (χ0) is 17.2. The predicted octanol–water partition coefficient (Wildman–Crippen LogP) is -0.0910. The summed E-state index contributed by atoms with van der Waals surface area (Å²) in [5, 5.41) is 11.0. The smallest absolute Gasteiger partial charge is 0.456 e. The molecule has 0 bridgehead atoms. The monoisotopic (exact) mass is 334 g/mol. The van der Waals surface area contributed by atoms with Crippen molar-refractivity contribution < 1.29 is 37.8 Å². The fourth-order valence-electron chi connectivity index (χ4n) is 1.26. The van der Waals surface area contributed by atoms with Gasteiger partial charge in [0, 0.05) is 6.42 Å². The average molecular weight is 334 g/mol. The van der Waals surface area contributed by atoms with Crippen molar-refractivity contribution in [2.75, 3.05) is 19.8 Å². The zero-order valence-electron chi connectivity index (χ0n) is 12.1. The van der Waals surface area contributed by atoms with Crippen LogP contribution in [0.1, 0.15) is 17.9 Å². The van der Waals surface area contributed by atoms with Crippen LogP contribution in [0.2, 0.25) is 0 Å². The molecule has 1 aromatic rings. The third-order valence-electron chi connectivity index (χ3n) is 2.30. The van der Waals surface area contributed by atoms with Crippen LogP contribution in [-0.2, 0) is 25.7 Å². The summed E-state index contributed by atoms with van der Waals surface area (Å²) < 4.78 is 18.5. The minimum absolute atomic E-state index is 0.0664. The van der Waals surface area contributed by atoms with E-state index in [-0.39, 0.29) is 37.8 Å². The number of esters is 1. The van der Waals surface area contributed by atoms with E-state index in [0.717, 1.165) is 0 Å². The van der Waals surface area contributed by atoms with E-state index in [2.05, 4.69) is 23.7 Å². The summed E-state index contributed by atoms with van der Waals surface area (Å²) in [5.41, 5.74) is 0. The van der Waals surface area contributed by atoms with Gasteiger partial charge >= 0.3 is 17.9 Å². The third-order valence-corrected chi connectivity index (χ3v) is 2.30. The van der Waals surface area contributed by atoms with Crippen LogP contribution >= 0.6 is 0 Å². The lowest BCUT2D eigenvalue weighted by Gasteiger charge is -2.06. The number of ether oxygens (including phenoxy) is 2. The van der Waals surface area contributed by atoms with E-state index in [0.29, 0.717) is 0 Å². The summed E-state index contributed by atoms with van der Waals surface area (Å²) in [5.74, 6) is -1.44. The number of carbonyl (C=O) groups is 2. The molecule has 1 amide bonds. The number of rotatable bonds is 9. The van der Waals surface area contributed by atoms with Gasteiger partial charge in [0.2, 0.25) is 0 Å². The highest BCUT2D eigenvalue weighted by molar-refractivity contribution is 5.77. The van der Waals surface area contributed by atoms with Crippen LogP contribution in [0.25, 0.3) is 0 Å². The molecule has 0 aliphatic carbocycles. The van der Waals surface area contributed by atoms with Crippen LogP contribution in [0, 0.1) is 17.0 Å². The number of hydrogen-bond acceptors (Lipinski definition) is 10. The van der Waals surface area contributed by atoms with Crippen molar-refractivity contribution in [1.29, 1.82) is 0 Å². The number of nitrogens with zero attached hydrogens (tertiary/aromatic N) is 1. The second-order valence-corrected chi connectivity index (χ2v) is 3.99. The normalized spacial score (nSPS) is 9.96. The molecule has 1 heterocycles. The van der Waals surface area contributed by atoms with Crippen molar-refractivity contribution in [3.63, 3.8) is 0 Å². The van der Waals surface area contributed by atoms with Gasteiger partial charge in [-0.05, 0) is 6.92 Å². The zero-order valence-corrected chi connectivity index (χ0v) is 12.1. The molecule has 0 aliphatic rings. The molecule has 1 rings (SSSR count). The van der Waals surface area contributed by atoms with Gasteiger partial charge in [0.1, 0.15) is 6.54 Å². The first kappa shape index (κ1) is 18.0. The Kier molecular flexibility index (Phi) is 7.10. The van der Waals surface area contributed by atoms with Crippen molar-refractivity contribution in [3.8, 4) is 0 Å². The highest BCUT2D eigenvalue weighted by Crippen LogP contribution is 2.06. The molecule has 1 N–H and O–H groups in total. The van der Waals surface area contributed by atoms with E-state index >= 15 is 0 Å². The maximum Gasteiger partial charge on any atom is 0.519 e. The lowest BCUT2D eigenvalue weighted by atomic mass is 10.4. The predicted molar refractivity (Wildman–Crippen MR) is 68.7 cm³/mol. The quantitative estimate of drug-likeness (QED) is 0.279. The molecule has 0 saturated heterocycles. The Morgan fingerprint density at radius 3 is 2.61 bits per heavy atom. The first-order valence-electron chi connectivity index (χ1n) is 6.31. The standard InChI is InChI=1S/C11H14N2O10/c1-7-8(23-11(16)22-7)6-20-9(14)5-12-10(15)19-3-2-4-21-13(17)18/h2-6H2,1H3,(H,12,15). The summed E-state index contributed by atoms with van der Waals surface area (Å²) in [6.07, 6.45) is -0.772. The number of aryl methyl sites for hydroxylation is 1. The van der Waals surface area contributed by atoms with Crippen LogP contribution in [0.4, 0.5) is 4.79 Å². The second-order valence-electron chi connectivity index (χ2n) is 3.99. The van der Waals surface area contributed by atoms with E-state index in [1.54, 1.807) is 0 Å². The van der Waals surface area contributed by atoms with Crippen molar-refractivity contribution in [2.24, 2.45) is 0 Å². The Bertz CT molecular complexity index is 604. The number of hydrogen-bond donors (Lipinski definition) is 1. The van der Waals surface area contributed by atoms with Gasteiger partial charge in [-0.15, -0.1) is 10.1 Å². The molecular formula is C11H14N2O10. The van der Waals surface area contributed by atoms with Gasteiger partial charge in [0.05, 0.1) is 13.2 Å². The first-order chi connectivity index (χ1) is 10.9. The summed E-state index contributed by atoms with van der Waals surface area (Å²) in [4.78, 5) is 47.1. The molecule has 0 fully saturated rings. The SMILES string of the molecule is Cc1oc(=O)oc1COC(=O)CNC(=O)OCCCO[N+](=O)[O-]. The van der Waals surface area contributed by atoms with Gasteiger partial charge in [0.25, 0.3) is 5.09 Å². The third kappa shape index (κ3) is 7.50. The van der Waals surface area contributed by atoms with E-state index in [9.17, 15) is 24.5 Å². The molecule has 0 atom stereocenters. The second kappa shape index (κ2) is 9.07. The van der Waals surface area contributed by atoms with Gasteiger partial charge in [-0.3, -0.25) is 4.79 Å². The summed E-state index contributed by atoms with van der Waals surface area (Å²) in [6, 6.07) is 0. The van der Waals surface area contributed by atoms with Gasteiger partial charge in [-0.1, -0.05) is 0 Å². The molecule has 0 aliphatic heterocycles. The molecule has 0 radical (unpaired) electrons. The van der Waals surface area contributed by atoms with Crippen LogP contribution in [0.3, 0.4) is 0 Å². The molecular weight excluding hydrogens is 320 g/mol. The summed E-state index contributed by atoms with van der Waals surface area (Å²) in [6.45, 7) is 0.356. The molecule has 0 saturated carbocycles. The molecule has 1 aromatic heterocycles. The highest BCUT2D eigenvalue weighted by Gasteiger charge is 2.12. The number of carbonyl (C=O) groups excluding carboxylic acids is 2. The van der Waals surface area contributed by atoms with E-state index in [4.69, 9.17) is 4.74 Å². The van der Waals surface area contributed by atoms with Crippen LogP contribution in [0.5, 0.6) is 0 Å². The van der Waals surface area contributed by atoms with Crippen LogP contribution in [0.15, 0.2) is 13.6 Å². The fourth-order valence-corrected chi connectivity index (χ4v) is 1.26. The topological polar surface area (TPSA) is 160 Å². The van der Waals surface area contributed by atoms with E-state index in [1.807, 2.05) is 0 Å². The largest absolute Gasteiger partial charge is 0.519 e. The first-order valence-corrected chi connectivity index (χ1v) is 6.31. The molecule has 0 spiro atoms. The van der Waals surface area contributed by atoms with Crippen LogP contribution in [-0.4, -0.2) is 36.9 Å². The van der Waals surface area contributed by atoms with Gasteiger partial charge < -0.3 is 28.5 Å². The van der Waals surface area contributed by atoms with Crippen molar-refractivity contribution in [2.45, 2.75) is 20.0 Å².